The summed E-state index contributed by atoms with van der Waals surface area (Å²) in [4.78, 5) is 0. The van der Waals surface area contributed by atoms with Gasteiger partial charge in [0, 0.05) is 6.61 Å². The van der Waals surface area contributed by atoms with E-state index in [2.05, 4.69) is 36.5 Å². The van der Waals surface area contributed by atoms with Crippen molar-refractivity contribution in [3.63, 3.8) is 0 Å². The standard InChI is InChI=1S/C16H25NO/c1-3-17-16(12-18-4-2)15-10-6-9-14(11-15)13-7-5-8-13/h6,9-11,13,16-17H,3-5,7-8,12H2,1-2H3. The molecule has 2 nitrogen and oxygen atoms in total. The van der Waals surface area contributed by atoms with E-state index in [1.165, 1.54) is 30.4 Å². The van der Waals surface area contributed by atoms with Gasteiger partial charge in [-0.15, -0.1) is 0 Å². The van der Waals surface area contributed by atoms with E-state index in [1.807, 2.05) is 6.92 Å². The fourth-order valence-electron chi connectivity index (χ4n) is 2.53. The highest BCUT2D eigenvalue weighted by atomic mass is 16.5. The lowest BCUT2D eigenvalue weighted by molar-refractivity contribution is 0.123. The van der Waals surface area contributed by atoms with Crippen molar-refractivity contribution in [1.82, 2.24) is 5.32 Å². The number of hydrogen-bond acceptors (Lipinski definition) is 2. The summed E-state index contributed by atoms with van der Waals surface area (Å²) >= 11 is 0. The minimum atomic E-state index is 0.329. The van der Waals surface area contributed by atoms with E-state index < -0.39 is 0 Å². The van der Waals surface area contributed by atoms with Crippen LogP contribution in [0.25, 0.3) is 0 Å². The maximum atomic E-state index is 5.58. The highest BCUT2D eigenvalue weighted by molar-refractivity contribution is 5.29. The van der Waals surface area contributed by atoms with E-state index in [0.717, 1.165) is 25.7 Å². The van der Waals surface area contributed by atoms with Gasteiger partial charge >= 0.3 is 0 Å². The van der Waals surface area contributed by atoms with Crippen molar-refractivity contribution >= 4 is 0 Å². The van der Waals surface area contributed by atoms with Gasteiger partial charge in [0.15, 0.2) is 0 Å². The molecule has 1 fully saturated rings. The first-order chi connectivity index (χ1) is 8.85. The second kappa shape index (κ2) is 6.91. The maximum Gasteiger partial charge on any atom is 0.0661 e. The highest BCUT2D eigenvalue weighted by Crippen LogP contribution is 2.36. The molecule has 100 valence electrons. The van der Waals surface area contributed by atoms with Crippen LogP contribution in [0.4, 0.5) is 0 Å². The zero-order valence-electron chi connectivity index (χ0n) is 11.6. The van der Waals surface area contributed by atoms with E-state index in [9.17, 15) is 0 Å². The second-order valence-corrected chi connectivity index (χ2v) is 5.07. The third-order valence-corrected chi connectivity index (χ3v) is 3.83. The first-order valence-electron chi connectivity index (χ1n) is 7.26. The Morgan fingerprint density at radius 1 is 1.33 bits per heavy atom. The van der Waals surface area contributed by atoms with E-state index in [0.29, 0.717) is 6.04 Å². The van der Waals surface area contributed by atoms with Crippen LogP contribution in [0.3, 0.4) is 0 Å². The Hall–Kier alpha value is -0.860. The molecule has 1 atom stereocenters. The Morgan fingerprint density at radius 2 is 2.17 bits per heavy atom. The summed E-state index contributed by atoms with van der Waals surface area (Å²) < 4.78 is 5.58. The monoisotopic (exact) mass is 247 g/mol. The van der Waals surface area contributed by atoms with E-state index in [4.69, 9.17) is 4.74 Å². The largest absolute Gasteiger partial charge is 0.380 e. The number of ether oxygens (including phenoxy) is 1. The van der Waals surface area contributed by atoms with Crippen LogP contribution in [0.15, 0.2) is 24.3 Å². The number of rotatable bonds is 7. The fourth-order valence-corrected chi connectivity index (χ4v) is 2.53. The van der Waals surface area contributed by atoms with Gasteiger partial charge in [0.2, 0.25) is 0 Å². The fraction of sp³-hybridized carbons (Fsp3) is 0.625. The van der Waals surface area contributed by atoms with Gasteiger partial charge in [-0.3, -0.25) is 0 Å². The second-order valence-electron chi connectivity index (χ2n) is 5.07. The molecule has 1 aliphatic rings. The van der Waals surface area contributed by atoms with Gasteiger partial charge in [0.25, 0.3) is 0 Å². The van der Waals surface area contributed by atoms with Crippen LogP contribution >= 0.6 is 0 Å². The summed E-state index contributed by atoms with van der Waals surface area (Å²) in [6.45, 7) is 6.72. The number of nitrogens with one attached hydrogen (secondary N) is 1. The van der Waals surface area contributed by atoms with E-state index in [1.54, 1.807) is 0 Å². The van der Waals surface area contributed by atoms with E-state index in [-0.39, 0.29) is 0 Å². The molecule has 1 aliphatic carbocycles. The van der Waals surface area contributed by atoms with Crippen molar-refractivity contribution in [2.45, 2.75) is 45.1 Å². The quantitative estimate of drug-likeness (QED) is 0.794. The van der Waals surface area contributed by atoms with Gasteiger partial charge in [-0.1, -0.05) is 37.6 Å². The molecule has 0 bridgehead atoms. The maximum absolute atomic E-state index is 5.58. The number of benzene rings is 1. The molecule has 1 aromatic carbocycles. The first kappa shape index (κ1) is 13.6. The molecule has 0 saturated heterocycles. The van der Waals surface area contributed by atoms with Crippen LogP contribution in [0.1, 0.15) is 56.2 Å². The third-order valence-electron chi connectivity index (χ3n) is 3.83. The van der Waals surface area contributed by atoms with Crippen molar-refractivity contribution in [3.05, 3.63) is 35.4 Å². The van der Waals surface area contributed by atoms with Crippen molar-refractivity contribution in [2.24, 2.45) is 0 Å². The summed E-state index contributed by atoms with van der Waals surface area (Å²) in [6, 6.07) is 9.39. The summed E-state index contributed by atoms with van der Waals surface area (Å²) in [6.07, 6.45) is 4.12. The molecular formula is C16H25NO. The summed E-state index contributed by atoms with van der Waals surface area (Å²) in [7, 11) is 0. The van der Waals surface area contributed by atoms with Crippen molar-refractivity contribution in [2.75, 3.05) is 19.8 Å². The summed E-state index contributed by atoms with van der Waals surface area (Å²) in [5.74, 6) is 0.805. The molecule has 2 heteroatoms. The molecule has 1 unspecified atom stereocenters. The van der Waals surface area contributed by atoms with Crippen molar-refractivity contribution in [3.8, 4) is 0 Å². The zero-order chi connectivity index (χ0) is 12.8. The Kier molecular flexibility index (Phi) is 5.21. The SMILES string of the molecule is CCNC(COCC)c1cccc(C2CCC2)c1. The Labute approximate surface area is 111 Å². The van der Waals surface area contributed by atoms with E-state index >= 15 is 0 Å². The average Bonchev–Trinajstić information content (AvgIpc) is 2.33. The normalized spacial score (nSPS) is 17.4. The van der Waals surface area contributed by atoms with Crippen LogP contribution < -0.4 is 5.32 Å². The van der Waals surface area contributed by atoms with Gasteiger partial charge in [-0.2, -0.15) is 0 Å². The summed E-state index contributed by atoms with van der Waals surface area (Å²) in [5.41, 5.74) is 2.88. The van der Waals surface area contributed by atoms with Crippen LogP contribution in [-0.2, 0) is 4.74 Å². The molecule has 0 aliphatic heterocycles. The first-order valence-corrected chi connectivity index (χ1v) is 7.26. The zero-order valence-corrected chi connectivity index (χ0v) is 11.6. The minimum absolute atomic E-state index is 0.329. The molecule has 0 heterocycles. The highest BCUT2D eigenvalue weighted by Gasteiger charge is 2.20. The van der Waals surface area contributed by atoms with Crippen molar-refractivity contribution in [1.29, 1.82) is 0 Å². The molecule has 0 spiro atoms. The average molecular weight is 247 g/mol. The minimum Gasteiger partial charge on any atom is -0.380 e. The molecule has 1 N–H and O–H groups in total. The molecule has 0 radical (unpaired) electrons. The Bertz CT molecular complexity index is 360. The molecule has 18 heavy (non-hydrogen) atoms. The Balaban J connectivity index is 2.07. The molecule has 1 saturated carbocycles. The van der Waals surface area contributed by atoms with Crippen LogP contribution in [-0.4, -0.2) is 19.8 Å². The smallest absolute Gasteiger partial charge is 0.0661 e. The van der Waals surface area contributed by atoms with Crippen molar-refractivity contribution < 1.29 is 4.74 Å². The van der Waals surface area contributed by atoms with Crippen LogP contribution in [0, 0.1) is 0 Å². The van der Waals surface area contributed by atoms with Crippen LogP contribution in [0.2, 0.25) is 0 Å². The predicted octanol–water partition coefficient (Wildman–Crippen LogP) is 3.64. The van der Waals surface area contributed by atoms with Gasteiger partial charge < -0.3 is 10.1 Å². The number of hydrogen-bond donors (Lipinski definition) is 1. The van der Waals surface area contributed by atoms with Gasteiger partial charge in [-0.05, 0) is 43.4 Å². The van der Waals surface area contributed by atoms with Gasteiger partial charge in [0.05, 0.1) is 12.6 Å². The van der Waals surface area contributed by atoms with Crippen LogP contribution in [0.5, 0.6) is 0 Å². The molecule has 1 aromatic rings. The lowest BCUT2D eigenvalue weighted by Gasteiger charge is -2.27. The number of likely N-dealkylation sites (N-methyl/N-ethyl adjacent to an activating group) is 1. The summed E-state index contributed by atoms with van der Waals surface area (Å²) in [5, 5.41) is 3.51. The molecular weight excluding hydrogens is 222 g/mol. The topological polar surface area (TPSA) is 21.3 Å². The van der Waals surface area contributed by atoms with Gasteiger partial charge in [-0.25, -0.2) is 0 Å². The molecule has 2 rings (SSSR count). The Morgan fingerprint density at radius 3 is 2.78 bits per heavy atom. The van der Waals surface area contributed by atoms with Gasteiger partial charge in [0.1, 0.15) is 0 Å². The lowest BCUT2D eigenvalue weighted by Crippen LogP contribution is -2.25. The molecule has 0 aromatic heterocycles. The lowest BCUT2D eigenvalue weighted by atomic mass is 9.79. The third kappa shape index (κ3) is 3.33. The predicted molar refractivity (Wildman–Crippen MR) is 75.9 cm³/mol. The molecule has 0 amide bonds.